The summed E-state index contributed by atoms with van der Waals surface area (Å²) in [6, 6.07) is 12.0. The summed E-state index contributed by atoms with van der Waals surface area (Å²) in [5, 5.41) is 11.7. The SMILES string of the molecule is Cc1ccccc1NC(=O)/C(C#N)=C/c1ccc(F)c(F)c1. The summed E-state index contributed by atoms with van der Waals surface area (Å²) in [6.45, 7) is 1.82. The minimum Gasteiger partial charge on any atom is -0.321 e. The van der Waals surface area contributed by atoms with Crippen molar-refractivity contribution in [3.05, 3.63) is 70.8 Å². The van der Waals surface area contributed by atoms with Crippen molar-refractivity contribution in [2.45, 2.75) is 6.92 Å². The molecule has 0 aromatic heterocycles. The van der Waals surface area contributed by atoms with Crippen LogP contribution in [0.15, 0.2) is 48.0 Å². The van der Waals surface area contributed by atoms with Gasteiger partial charge in [0, 0.05) is 5.69 Å². The van der Waals surface area contributed by atoms with Gasteiger partial charge in [-0.05, 0) is 42.3 Å². The van der Waals surface area contributed by atoms with Crippen molar-refractivity contribution >= 4 is 17.7 Å². The van der Waals surface area contributed by atoms with Crippen LogP contribution in [0.25, 0.3) is 6.08 Å². The first kappa shape index (κ1) is 15.4. The van der Waals surface area contributed by atoms with Crippen LogP contribution in [-0.2, 0) is 4.79 Å². The Kier molecular flexibility index (Phi) is 4.64. The lowest BCUT2D eigenvalue weighted by molar-refractivity contribution is -0.112. The van der Waals surface area contributed by atoms with Crippen molar-refractivity contribution in [1.82, 2.24) is 0 Å². The zero-order chi connectivity index (χ0) is 16.1. The molecule has 1 N–H and O–H groups in total. The van der Waals surface area contributed by atoms with Crippen molar-refractivity contribution in [2.24, 2.45) is 0 Å². The molecule has 22 heavy (non-hydrogen) atoms. The van der Waals surface area contributed by atoms with Gasteiger partial charge in [0.25, 0.3) is 5.91 Å². The van der Waals surface area contributed by atoms with Crippen LogP contribution in [0, 0.1) is 29.9 Å². The van der Waals surface area contributed by atoms with Crippen LogP contribution in [0.1, 0.15) is 11.1 Å². The molecule has 0 atom stereocenters. The van der Waals surface area contributed by atoms with Gasteiger partial charge in [0.2, 0.25) is 0 Å². The fraction of sp³-hybridized carbons (Fsp3) is 0.0588. The average Bonchev–Trinajstić information content (AvgIpc) is 2.50. The van der Waals surface area contributed by atoms with Crippen LogP contribution < -0.4 is 5.32 Å². The maximum Gasteiger partial charge on any atom is 0.266 e. The van der Waals surface area contributed by atoms with Gasteiger partial charge >= 0.3 is 0 Å². The molecule has 0 saturated carbocycles. The molecule has 0 heterocycles. The summed E-state index contributed by atoms with van der Waals surface area (Å²) in [5.74, 6) is -2.63. The number of carbonyl (C=O) groups is 1. The fourth-order valence-electron chi connectivity index (χ4n) is 1.82. The number of nitriles is 1. The lowest BCUT2D eigenvalue weighted by Gasteiger charge is -2.07. The van der Waals surface area contributed by atoms with Gasteiger partial charge in [0.05, 0.1) is 0 Å². The Morgan fingerprint density at radius 2 is 1.91 bits per heavy atom. The van der Waals surface area contributed by atoms with Crippen molar-refractivity contribution < 1.29 is 13.6 Å². The number of halogens is 2. The first-order valence-corrected chi connectivity index (χ1v) is 6.45. The molecular weight excluding hydrogens is 286 g/mol. The molecule has 2 aromatic carbocycles. The first-order chi connectivity index (χ1) is 10.5. The molecule has 5 heteroatoms. The van der Waals surface area contributed by atoms with Crippen LogP contribution in [0.4, 0.5) is 14.5 Å². The van der Waals surface area contributed by atoms with E-state index < -0.39 is 17.5 Å². The van der Waals surface area contributed by atoms with Gasteiger partial charge in [-0.2, -0.15) is 5.26 Å². The van der Waals surface area contributed by atoms with Crippen LogP contribution in [0.2, 0.25) is 0 Å². The van der Waals surface area contributed by atoms with E-state index in [9.17, 15) is 13.6 Å². The predicted molar refractivity (Wildman–Crippen MR) is 79.8 cm³/mol. The molecule has 0 spiro atoms. The number of para-hydroxylation sites is 1. The normalized spacial score (nSPS) is 10.9. The summed E-state index contributed by atoms with van der Waals surface area (Å²) in [7, 11) is 0. The van der Waals surface area contributed by atoms with Crippen molar-refractivity contribution in [2.75, 3.05) is 5.32 Å². The molecule has 0 fully saturated rings. The number of rotatable bonds is 3. The summed E-state index contributed by atoms with van der Waals surface area (Å²) in [6.07, 6.45) is 1.20. The van der Waals surface area contributed by atoms with Crippen LogP contribution in [0.3, 0.4) is 0 Å². The highest BCUT2D eigenvalue weighted by Crippen LogP contribution is 2.16. The third-order valence-electron chi connectivity index (χ3n) is 3.01. The molecule has 110 valence electrons. The number of nitrogens with zero attached hydrogens (tertiary/aromatic N) is 1. The Morgan fingerprint density at radius 3 is 2.55 bits per heavy atom. The molecule has 0 unspecified atom stereocenters. The maximum absolute atomic E-state index is 13.1. The highest BCUT2D eigenvalue weighted by molar-refractivity contribution is 6.09. The summed E-state index contributed by atoms with van der Waals surface area (Å²) < 4.78 is 26.0. The van der Waals surface area contributed by atoms with Gasteiger partial charge in [-0.3, -0.25) is 4.79 Å². The van der Waals surface area contributed by atoms with Crippen molar-refractivity contribution in [1.29, 1.82) is 5.26 Å². The second-order valence-electron chi connectivity index (χ2n) is 4.61. The average molecular weight is 298 g/mol. The Hall–Kier alpha value is -3.00. The molecular formula is C17H12F2N2O. The number of anilines is 1. The highest BCUT2D eigenvalue weighted by Gasteiger charge is 2.11. The monoisotopic (exact) mass is 298 g/mol. The third kappa shape index (κ3) is 3.55. The molecule has 0 saturated heterocycles. The summed E-state index contributed by atoms with van der Waals surface area (Å²) >= 11 is 0. The molecule has 0 aliphatic heterocycles. The Labute approximate surface area is 126 Å². The zero-order valence-electron chi connectivity index (χ0n) is 11.7. The summed E-state index contributed by atoms with van der Waals surface area (Å²) in [5.41, 5.74) is 1.46. The lowest BCUT2D eigenvalue weighted by Crippen LogP contribution is -2.14. The van der Waals surface area contributed by atoms with E-state index in [1.807, 2.05) is 19.1 Å². The van der Waals surface area contributed by atoms with Crippen molar-refractivity contribution in [3.63, 3.8) is 0 Å². The van der Waals surface area contributed by atoms with E-state index in [0.717, 1.165) is 17.7 Å². The number of amides is 1. The molecule has 0 aliphatic rings. The van der Waals surface area contributed by atoms with Gasteiger partial charge < -0.3 is 5.32 Å². The molecule has 0 aliphatic carbocycles. The van der Waals surface area contributed by atoms with Gasteiger partial charge in [-0.15, -0.1) is 0 Å². The minimum atomic E-state index is -1.04. The van der Waals surface area contributed by atoms with Crippen LogP contribution in [-0.4, -0.2) is 5.91 Å². The molecule has 2 rings (SSSR count). The largest absolute Gasteiger partial charge is 0.321 e. The van der Waals surface area contributed by atoms with Gasteiger partial charge in [-0.25, -0.2) is 8.78 Å². The summed E-state index contributed by atoms with van der Waals surface area (Å²) in [4.78, 5) is 12.1. The molecule has 0 radical (unpaired) electrons. The molecule has 0 bridgehead atoms. The van der Waals surface area contributed by atoms with Gasteiger partial charge in [0.1, 0.15) is 11.6 Å². The van der Waals surface area contributed by atoms with E-state index in [-0.39, 0.29) is 11.1 Å². The predicted octanol–water partition coefficient (Wildman–Crippen LogP) is 3.82. The Bertz CT molecular complexity index is 791. The third-order valence-corrected chi connectivity index (χ3v) is 3.01. The highest BCUT2D eigenvalue weighted by atomic mass is 19.2. The topological polar surface area (TPSA) is 52.9 Å². The second-order valence-corrected chi connectivity index (χ2v) is 4.61. The maximum atomic E-state index is 13.1. The number of carbonyl (C=O) groups excluding carboxylic acids is 1. The van der Waals surface area contributed by atoms with E-state index in [4.69, 9.17) is 5.26 Å². The smallest absolute Gasteiger partial charge is 0.266 e. The number of hydrogen-bond acceptors (Lipinski definition) is 2. The number of nitrogens with one attached hydrogen (secondary N) is 1. The van der Waals surface area contributed by atoms with E-state index in [1.54, 1.807) is 18.2 Å². The Balaban J connectivity index is 2.26. The second kappa shape index (κ2) is 6.64. The first-order valence-electron chi connectivity index (χ1n) is 6.45. The molecule has 1 amide bonds. The van der Waals surface area contributed by atoms with E-state index >= 15 is 0 Å². The number of aryl methyl sites for hydroxylation is 1. The van der Waals surface area contributed by atoms with Gasteiger partial charge in [-0.1, -0.05) is 24.3 Å². The number of hydrogen-bond donors (Lipinski definition) is 1. The zero-order valence-corrected chi connectivity index (χ0v) is 11.7. The van der Waals surface area contributed by atoms with Crippen LogP contribution >= 0.6 is 0 Å². The Morgan fingerprint density at radius 1 is 1.18 bits per heavy atom. The number of benzene rings is 2. The van der Waals surface area contributed by atoms with Gasteiger partial charge in [0.15, 0.2) is 11.6 Å². The quantitative estimate of drug-likeness (QED) is 0.692. The molecule has 3 nitrogen and oxygen atoms in total. The molecule has 2 aromatic rings. The van der Waals surface area contributed by atoms with E-state index in [0.29, 0.717) is 5.69 Å². The van der Waals surface area contributed by atoms with Crippen molar-refractivity contribution in [3.8, 4) is 6.07 Å². The fourth-order valence-corrected chi connectivity index (χ4v) is 1.82. The lowest BCUT2D eigenvalue weighted by atomic mass is 10.1. The standard InChI is InChI=1S/C17H12F2N2O/c1-11-4-2-3-5-16(11)21-17(22)13(10-20)8-12-6-7-14(18)15(19)9-12/h2-9H,1H3,(H,21,22)/b13-8+. The van der Waals surface area contributed by atoms with Crippen LogP contribution in [0.5, 0.6) is 0 Å². The van der Waals surface area contributed by atoms with E-state index in [1.165, 1.54) is 12.1 Å². The van der Waals surface area contributed by atoms with E-state index in [2.05, 4.69) is 5.32 Å². The minimum absolute atomic E-state index is 0.200.